The summed E-state index contributed by atoms with van der Waals surface area (Å²) in [5.41, 5.74) is 0. The largest absolute Gasteiger partial charge is 0.472 e. The summed E-state index contributed by atoms with van der Waals surface area (Å²) >= 11 is 0. The summed E-state index contributed by atoms with van der Waals surface area (Å²) in [7, 11) is -4.51. The Morgan fingerprint density at radius 2 is 1.06 bits per heavy atom. The number of esters is 1. The zero-order valence-electron chi connectivity index (χ0n) is 32.6. The van der Waals surface area contributed by atoms with Gasteiger partial charge in [0, 0.05) is 13.0 Å². The number of aliphatic hydroxyl groups is 2. The van der Waals surface area contributed by atoms with Gasteiger partial charge in [0.2, 0.25) is 0 Å². The van der Waals surface area contributed by atoms with Crippen molar-refractivity contribution in [2.75, 3.05) is 33.0 Å². The van der Waals surface area contributed by atoms with Gasteiger partial charge in [-0.05, 0) is 51.4 Å². The van der Waals surface area contributed by atoms with Crippen molar-refractivity contribution in [3.8, 4) is 0 Å². The third-order valence-corrected chi connectivity index (χ3v) is 9.53. The Bertz CT molecular complexity index is 892. The first-order valence-electron chi connectivity index (χ1n) is 20.5. The number of carbonyl (C=O) groups excluding carboxylic acids is 1. The van der Waals surface area contributed by atoms with Gasteiger partial charge in [0.15, 0.2) is 0 Å². The fourth-order valence-electron chi connectivity index (χ4n) is 5.42. The molecule has 0 aliphatic carbocycles. The Labute approximate surface area is 312 Å². The van der Waals surface area contributed by atoms with Crippen LogP contribution in [0.4, 0.5) is 0 Å². The highest BCUT2D eigenvalue weighted by molar-refractivity contribution is 7.47. The molecule has 0 aromatic carbocycles. The maximum atomic E-state index is 12.5. The van der Waals surface area contributed by atoms with Crippen LogP contribution < -0.4 is 0 Å². The molecule has 300 valence electrons. The summed E-state index contributed by atoms with van der Waals surface area (Å²) in [4.78, 5) is 22.4. The average molecular weight is 745 g/mol. The average Bonchev–Trinajstić information content (AvgIpc) is 3.12. The molecule has 0 saturated heterocycles. The van der Waals surface area contributed by atoms with Crippen LogP contribution in [-0.4, -0.2) is 66.3 Å². The number of rotatable bonds is 39. The van der Waals surface area contributed by atoms with E-state index in [1.807, 2.05) is 0 Å². The van der Waals surface area contributed by atoms with Crippen LogP contribution in [0.2, 0.25) is 0 Å². The van der Waals surface area contributed by atoms with Gasteiger partial charge in [-0.25, -0.2) is 4.57 Å². The Balaban J connectivity index is 4.08. The molecule has 0 spiro atoms. The molecule has 0 aromatic heterocycles. The van der Waals surface area contributed by atoms with Gasteiger partial charge >= 0.3 is 13.8 Å². The van der Waals surface area contributed by atoms with Crippen molar-refractivity contribution >= 4 is 13.8 Å². The van der Waals surface area contributed by atoms with Crippen molar-refractivity contribution in [3.05, 3.63) is 36.5 Å². The third kappa shape index (κ3) is 38.2. The van der Waals surface area contributed by atoms with E-state index in [4.69, 9.17) is 23.6 Å². The van der Waals surface area contributed by atoms with Gasteiger partial charge < -0.3 is 24.6 Å². The molecule has 0 aliphatic rings. The molecule has 0 bridgehead atoms. The van der Waals surface area contributed by atoms with E-state index >= 15 is 0 Å². The number of aliphatic hydroxyl groups excluding tert-OH is 2. The number of allylic oxidation sites excluding steroid dienone is 6. The monoisotopic (exact) mass is 745 g/mol. The van der Waals surface area contributed by atoms with E-state index in [-0.39, 0.29) is 19.6 Å². The molecule has 9 nitrogen and oxygen atoms in total. The SMILES string of the molecule is CCCCCCC/C=C\C/C=C\C/C=C\CCCCCCCCCOCC(COP(=O)(O)OCC(O)CO)OC(=O)CCCCCCCCCC. The van der Waals surface area contributed by atoms with E-state index in [1.165, 1.54) is 96.3 Å². The lowest BCUT2D eigenvalue weighted by Crippen LogP contribution is -2.29. The normalized spacial score (nSPS) is 14.5. The molecule has 0 fully saturated rings. The maximum Gasteiger partial charge on any atom is 0.472 e. The smallest absolute Gasteiger partial charge is 0.457 e. The van der Waals surface area contributed by atoms with Crippen LogP contribution in [-0.2, 0) is 27.9 Å². The lowest BCUT2D eigenvalue weighted by atomic mass is 10.1. The summed E-state index contributed by atoms with van der Waals surface area (Å²) in [5.74, 6) is -0.392. The van der Waals surface area contributed by atoms with Gasteiger partial charge in [0.25, 0.3) is 0 Å². The molecular formula is C41H77O9P. The minimum atomic E-state index is -4.51. The molecule has 0 saturated carbocycles. The second-order valence-electron chi connectivity index (χ2n) is 13.7. The van der Waals surface area contributed by atoms with Crippen LogP contribution in [0.5, 0.6) is 0 Å². The fraction of sp³-hybridized carbons (Fsp3) is 0.829. The van der Waals surface area contributed by atoms with Gasteiger partial charge in [-0.15, -0.1) is 0 Å². The topological polar surface area (TPSA) is 132 Å². The first kappa shape index (κ1) is 49.7. The molecule has 0 radical (unpaired) electrons. The Morgan fingerprint density at radius 1 is 0.608 bits per heavy atom. The van der Waals surface area contributed by atoms with Gasteiger partial charge in [-0.1, -0.05) is 153 Å². The van der Waals surface area contributed by atoms with Gasteiger partial charge in [-0.3, -0.25) is 13.8 Å². The number of hydrogen-bond donors (Lipinski definition) is 3. The molecule has 3 atom stereocenters. The fourth-order valence-corrected chi connectivity index (χ4v) is 6.21. The second kappa shape index (κ2) is 38.4. The molecule has 0 amide bonds. The molecule has 0 rings (SSSR count). The number of hydrogen-bond acceptors (Lipinski definition) is 8. The number of carbonyl (C=O) groups is 1. The van der Waals surface area contributed by atoms with Crippen LogP contribution in [0.25, 0.3) is 0 Å². The molecular weight excluding hydrogens is 667 g/mol. The third-order valence-electron chi connectivity index (χ3n) is 8.58. The van der Waals surface area contributed by atoms with Crippen molar-refractivity contribution in [3.63, 3.8) is 0 Å². The molecule has 10 heteroatoms. The van der Waals surface area contributed by atoms with Crippen molar-refractivity contribution in [1.29, 1.82) is 0 Å². The van der Waals surface area contributed by atoms with Crippen molar-refractivity contribution in [1.82, 2.24) is 0 Å². The van der Waals surface area contributed by atoms with E-state index in [1.54, 1.807) is 0 Å². The quantitative estimate of drug-likeness (QED) is 0.0243. The van der Waals surface area contributed by atoms with Gasteiger partial charge in [0.1, 0.15) is 12.2 Å². The lowest BCUT2D eigenvalue weighted by Gasteiger charge is -2.20. The Morgan fingerprint density at radius 3 is 1.59 bits per heavy atom. The minimum absolute atomic E-state index is 0.0437. The highest BCUT2D eigenvalue weighted by atomic mass is 31.2. The Kier molecular flexibility index (Phi) is 37.4. The summed E-state index contributed by atoms with van der Waals surface area (Å²) in [6, 6.07) is 0. The first-order valence-corrected chi connectivity index (χ1v) is 22.0. The van der Waals surface area contributed by atoms with E-state index in [0.717, 1.165) is 57.8 Å². The molecule has 0 aromatic rings. The van der Waals surface area contributed by atoms with E-state index in [2.05, 4.69) is 50.3 Å². The number of ether oxygens (including phenoxy) is 2. The molecule has 3 unspecified atom stereocenters. The van der Waals surface area contributed by atoms with Crippen molar-refractivity contribution in [2.45, 2.75) is 187 Å². The minimum Gasteiger partial charge on any atom is -0.457 e. The number of phosphoric acid groups is 1. The lowest BCUT2D eigenvalue weighted by molar-refractivity contribution is -0.154. The highest BCUT2D eigenvalue weighted by Crippen LogP contribution is 2.43. The van der Waals surface area contributed by atoms with E-state index in [0.29, 0.717) is 6.61 Å². The number of phosphoric ester groups is 1. The summed E-state index contributed by atoms with van der Waals surface area (Å²) in [6.45, 7) is 3.44. The van der Waals surface area contributed by atoms with Gasteiger partial charge in [-0.2, -0.15) is 0 Å². The van der Waals surface area contributed by atoms with E-state index in [9.17, 15) is 19.4 Å². The predicted octanol–water partition coefficient (Wildman–Crippen LogP) is 10.9. The van der Waals surface area contributed by atoms with E-state index < -0.39 is 39.2 Å². The van der Waals surface area contributed by atoms with Crippen LogP contribution in [0, 0.1) is 0 Å². The zero-order valence-corrected chi connectivity index (χ0v) is 33.5. The standard InChI is InChI=1S/C41H77O9P/c1-3-5-7-9-11-13-14-15-16-17-18-19-20-21-22-23-24-25-26-28-30-32-34-47-37-40(38-49-51(45,46)48-36-39(43)35-42)50-41(44)33-31-29-27-12-10-8-6-4-2/h14-15,17-18,20-21,39-40,42-43H,3-13,16,19,22-38H2,1-2H3,(H,45,46)/b15-14-,18-17-,21-20-. The summed E-state index contributed by atoms with van der Waals surface area (Å²) < 4.78 is 33.2. The van der Waals surface area contributed by atoms with Crippen LogP contribution in [0.1, 0.15) is 174 Å². The maximum absolute atomic E-state index is 12.5. The molecule has 51 heavy (non-hydrogen) atoms. The molecule has 0 heterocycles. The van der Waals surface area contributed by atoms with Crippen LogP contribution in [0.15, 0.2) is 36.5 Å². The first-order chi connectivity index (χ1) is 24.8. The highest BCUT2D eigenvalue weighted by Gasteiger charge is 2.26. The summed E-state index contributed by atoms with van der Waals surface area (Å²) in [6.07, 6.45) is 39.8. The summed E-state index contributed by atoms with van der Waals surface area (Å²) in [5, 5.41) is 18.3. The van der Waals surface area contributed by atoms with Crippen LogP contribution >= 0.6 is 7.82 Å². The second-order valence-corrected chi connectivity index (χ2v) is 15.1. The van der Waals surface area contributed by atoms with Crippen LogP contribution in [0.3, 0.4) is 0 Å². The number of unbranched alkanes of at least 4 members (excludes halogenated alkanes) is 19. The molecule has 3 N–H and O–H groups in total. The van der Waals surface area contributed by atoms with Gasteiger partial charge in [0.05, 0.1) is 26.4 Å². The predicted molar refractivity (Wildman–Crippen MR) is 210 cm³/mol. The van der Waals surface area contributed by atoms with Crippen molar-refractivity contribution < 1.29 is 43.0 Å². The van der Waals surface area contributed by atoms with Crippen molar-refractivity contribution in [2.24, 2.45) is 0 Å². The molecule has 0 aliphatic heterocycles. The zero-order chi connectivity index (χ0) is 37.5. The Hall–Kier alpha value is -1.32.